The van der Waals surface area contributed by atoms with Gasteiger partial charge in [-0.05, 0) is 47.8 Å². The molecule has 2 aromatic heterocycles. The van der Waals surface area contributed by atoms with Gasteiger partial charge in [-0.1, -0.05) is 24.3 Å². The number of furan rings is 1. The van der Waals surface area contributed by atoms with E-state index in [0.29, 0.717) is 23.7 Å². The molecule has 156 valence electrons. The van der Waals surface area contributed by atoms with Crippen molar-refractivity contribution in [3.63, 3.8) is 0 Å². The summed E-state index contributed by atoms with van der Waals surface area (Å²) in [4.78, 5) is 29.8. The second kappa shape index (κ2) is 8.28. The molecule has 31 heavy (non-hydrogen) atoms. The summed E-state index contributed by atoms with van der Waals surface area (Å²) in [6.07, 6.45) is 0. The molecule has 1 saturated heterocycles. The van der Waals surface area contributed by atoms with Gasteiger partial charge in [0.05, 0.1) is 4.88 Å². The van der Waals surface area contributed by atoms with Crippen LogP contribution in [0.15, 0.2) is 76.5 Å². The number of hydrogen-bond acceptors (Lipinski definition) is 5. The normalized spacial score (nSPS) is 14.1. The van der Waals surface area contributed by atoms with Crippen LogP contribution in [0.25, 0.3) is 11.0 Å². The Labute approximate surface area is 183 Å². The molecule has 2 amide bonds. The van der Waals surface area contributed by atoms with Crippen molar-refractivity contribution in [3.8, 4) is 0 Å². The molecule has 2 aromatic carbocycles. The zero-order chi connectivity index (χ0) is 21.2. The van der Waals surface area contributed by atoms with Crippen LogP contribution in [-0.4, -0.2) is 42.9 Å². The van der Waals surface area contributed by atoms with E-state index in [4.69, 9.17) is 4.42 Å². The van der Waals surface area contributed by atoms with Gasteiger partial charge in [-0.25, -0.2) is 0 Å². The molecule has 0 spiro atoms. The number of carbonyl (C=O) groups is 2. The maximum Gasteiger partial charge on any atom is 0.289 e. The predicted molar refractivity (Wildman–Crippen MR) is 123 cm³/mol. The van der Waals surface area contributed by atoms with Crippen molar-refractivity contribution in [1.82, 2.24) is 4.90 Å². The Bertz CT molecular complexity index is 1170. The van der Waals surface area contributed by atoms with Crippen molar-refractivity contribution in [2.24, 2.45) is 0 Å². The van der Waals surface area contributed by atoms with Crippen LogP contribution in [0.3, 0.4) is 0 Å². The lowest BCUT2D eigenvalue weighted by atomic mass is 10.2. The Morgan fingerprint density at radius 3 is 2.39 bits per heavy atom. The largest absolute Gasteiger partial charge is 0.451 e. The molecule has 6 nitrogen and oxygen atoms in total. The SMILES string of the molecule is O=C(Nc1ccc(N2CCN(C(=O)c3cc4ccccc4o3)CC2)cc1)c1cccs1. The third-order valence-corrected chi connectivity index (χ3v) is 6.31. The van der Waals surface area contributed by atoms with Gasteiger partial charge in [-0.15, -0.1) is 11.3 Å². The van der Waals surface area contributed by atoms with E-state index in [1.54, 1.807) is 6.07 Å². The summed E-state index contributed by atoms with van der Waals surface area (Å²) in [6.45, 7) is 2.75. The first-order chi connectivity index (χ1) is 15.2. The Hall–Kier alpha value is -3.58. The lowest BCUT2D eigenvalue weighted by Gasteiger charge is -2.35. The number of benzene rings is 2. The maximum atomic E-state index is 12.8. The topological polar surface area (TPSA) is 65.8 Å². The fourth-order valence-corrected chi connectivity index (χ4v) is 4.39. The highest BCUT2D eigenvalue weighted by atomic mass is 32.1. The third-order valence-electron chi connectivity index (χ3n) is 5.44. The summed E-state index contributed by atoms with van der Waals surface area (Å²) in [5.41, 5.74) is 2.57. The number of para-hydroxylation sites is 1. The van der Waals surface area contributed by atoms with Gasteiger partial charge in [-0.3, -0.25) is 9.59 Å². The number of anilines is 2. The maximum absolute atomic E-state index is 12.8. The van der Waals surface area contributed by atoms with E-state index in [1.807, 2.05) is 70.9 Å². The Balaban J connectivity index is 1.19. The first-order valence-electron chi connectivity index (χ1n) is 10.1. The van der Waals surface area contributed by atoms with Crippen molar-refractivity contribution >= 4 is 45.5 Å². The minimum atomic E-state index is -0.0968. The number of amides is 2. The van der Waals surface area contributed by atoms with E-state index in [9.17, 15) is 9.59 Å². The molecule has 0 aliphatic carbocycles. The van der Waals surface area contributed by atoms with Crippen molar-refractivity contribution in [1.29, 1.82) is 0 Å². The third kappa shape index (κ3) is 4.04. The van der Waals surface area contributed by atoms with Gasteiger partial charge in [0.15, 0.2) is 5.76 Å². The van der Waals surface area contributed by atoms with Crippen LogP contribution in [0.5, 0.6) is 0 Å². The first-order valence-corrected chi connectivity index (χ1v) is 11.0. The molecule has 1 aliphatic heterocycles. The molecule has 1 N–H and O–H groups in total. The van der Waals surface area contributed by atoms with Crippen LogP contribution >= 0.6 is 11.3 Å². The molecule has 1 fully saturated rings. The number of thiophene rings is 1. The molecule has 3 heterocycles. The van der Waals surface area contributed by atoms with Gasteiger partial charge in [0.2, 0.25) is 0 Å². The van der Waals surface area contributed by atoms with Crippen LogP contribution in [0, 0.1) is 0 Å². The van der Waals surface area contributed by atoms with Crippen molar-refractivity contribution in [2.75, 3.05) is 36.4 Å². The molecule has 0 unspecified atom stereocenters. The van der Waals surface area contributed by atoms with E-state index in [-0.39, 0.29) is 11.8 Å². The number of fused-ring (bicyclic) bond motifs is 1. The summed E-state index contributed by atoms with van der Waals surface area (Å²) < 4.78 is 5.73. The number of piperazine rings is 1. The first kappa shape index (κ1) is 19.4. The van der Waals surface area contributed by atoms with E-state index >= 15 is 0 Å². The smallest absolute Gasteiger partial charge is 0.289 e. The molecule has 0 saturated carbocycles. The van der Waals surface area contributed by atoms with Crippen molar-refractivity contribution in [2.45, 2.75) is 0 Å². The predicted octanol–water partition coefficient (Wildman–Crippen LogP) is 4.71. The highest BCUT2D eigenvalue weighted by molar-refractivity contribution is 7.12. The number of hydrogen-bond donors (Lipinski definition) is 1. The lowest BCUT2D eigenvalue weighted by Crippen LogP contribution is -2.48. The zero-order valence-corrected chi connectivity index (χ0v) is 17.6. The Morgan fingerprint density at radius 2 is 1.68 bits per heavy atom. The van der Waals surface area contributed by atoms with Crippen LogP contribution in [0.1, 0.15) is 20.2 Å². The van der Waals surface area contributed by atoms with E-state index in [2.05, 4.69) is 10.2 Å². The van der Waals surface area contributed by atoms with Crippen molar-refractivity contribution in [3.05, 3.63) is 82.7 Å². The van der Waals surface area contributed by atoms with Gasteiger partial charge >= 0.3 is 0 Å². The zero-order valence-electron chi connectivity index (χ0n) is 16.8. The van der Waals surface area contributed by atoms with Crippen LogP contribution < -0.4 is 10.2 Å². The van der Waals surface area contributed by atoms with Gasteiger partial charge in [0.25, 0.3) is 11.8 Å². The highest BCUT2D eigenvalue weighted by Gasteiger charge is 2.24. The number of nitrogens with one attached hydrogen (secondary N) is 1. The molecular formula is C24H21N3O3S. The molecule has 0 radical (unpaired) electrons. The van der Waals surface area contributed by atoms with Crippen LogP contribution in [0.4, 0.5) is 11.4 Å². The minimum Gasteiger partial charge on any atom is -0.451 e. The average molecular weight is 432 g/mol. The summed E-state index contributed by atoms with van der Waals surface area (Å²) in [6, 6.07) is 21.0. The van der Waals surface area contributed by atoms with Crippen molar-refractivity contribution < 1.29 is 14.0 Å². The summed E-state index contributed by atoms with van der Waals surface area (Å²) in [5, 5.41) is 5.74. The van der Waals surface area contributed by atoms with Crippen LogP contribution in [0.2, 0.25) is 0 Å². The molecule has 7 heteroatoms. The summed E-state index contributed by atoms with van der Waals surface area (Å²) in [5.74, 6) is 0.225. The van der Waals surface area contributed by atoms with Gasteiger partial charge in [-0.2, -0.15) is 0 Å². The highest BCUT2D eigenvalue weighted by Crippen LogP contribution is 2.23. The molecule has 5 rings (SSSR count). The number of carbonyl (C=O) groups excluding carboxylic acids is 2. The monoisotopic (exact) mass is 431 g/mol. The van der Waals surface area contributed by atoms with E-state index < -0.39 is 0 Å². The van der Waals surface area contributed by atoms with E-state index in [0.717, 1.165) is 35.4 Å². The van der Waals surface area contributed by atoms with Crippen LogP contribution in [-0.2, 0) is 0 Å². The standard InChI is InChI=1S/C24H21N3O3S/c28-23(22-6-3-15-31-22)25-18-7-9-19(10-8-18)26-11-13-27(14-12-26)24(29)21-16-17-4-1-2-5-20(17)30-21/h1-10,15-16H,11-14H2,(H,25,28). The Morgan fingerprint density at radius 1 is 0.903 bits per heavy atom. The molecule has 0 atom stereocenters. The average Bonchev–Trinajstić information content (AvgIpc) is 3.49. The quantitative estimate of drug-likeness (QED) is 0.508. The molecule has 1 aliphatic rings. The fourth-order valence-electron chi connectivity index (χ4n) is 3.77. The second-order valence-electron chi connectivity index (χ2n) is 7.41. The number of rotatable bonds is 4. The van der Waals surface area contributed by atoms with Gasteiger partial charge < -0.3 is 19.5 Å². The number of nitrogens with zero attached hydrogens (tertiary/aromatic N) is 2. The van der Waals surface area contributed by atoms with Gasteiger partial charge in [0.1, 0.15) is 5.58 Å². The van der Waals surface area contributed by atoms with E-state index in [1.165, 1.54) is 11.3 Å². The minimum absolute atomic E-state index is 0.0671. The molecule has 4 aromatic rings. The molecular weight excluding hydrogens is 410 g/mol. The molecule has 0 bridgehead atoms. The second-order valence-corrected chi connectivity index (χ2v) is 8.35. The summed E-state index contributed by atoms with van der Waals surface area (Å²) in [7, 11) is 0. The Kier molecular flexibility index (Phi) is 5.18. The lowest BCUT2D eigenvalue weighted by molar-refractivity contribution is 0.0717. The summed E-state index contributed by atoms with van der Waals surface area (Å²) >= 11 is 1.42. The van der Waals surface area contributed by atoms with Gasteiger partial charge in [0, 0.05) is 42.9 Å². The fraction of sp³-hybridized carbons (Fsp3) is 0.167.